The lowest BCUT2D eigenvalue weighted by Crippen LogP contribution is -2.10. The molecular formula is C21H26N2O2S. The number of thiazole rings is 1. The largest absolute Gasteiger partial charge is 0.477 e. The fourth-order valence-corrected chi connectivity index (χ4v) is 4.37. The minimum absolute atomic E-state index is 0.116. The van der Waals surface area contributed by atoms with Crippen LogP contribution in [0.4, 0.5) is 0 Å². The van der Waals surface area contributed by atoms with Crippen molar-refractivity contribution in [2.45, 2.75) is 59.3 Å². The van der Waals surface area contributed by atoms with E-state index in [4.69, 9.17) is 4.98 Å². The highest BCUT2D eigenvalue weighted by Gasteiger charge is 2.23. The molecule has 0 radical (unpaired) electrons. The van der Waals surface area contributed by atoms with Gasteiger partial charge in [-0.05, 0) is 23.8 Å². The van der Waals surface area contributed by atoms with Crippen LogP contribution in [0.2, 0.25) is 0 Å². The quantitative estimate of drug-likeness (QED) is 0.638. The maximum atomic E-state index is 11.6. The highest BCUT2D eigenvalue weighted by molar-refractivity contribution is 7.19. The molecule has 5 heteroatoms. The maximum Gasteiger partial charge on any atom is 0.347 e. The number of imidazole rings is 1. The van der Waals surface area contributed by atoms with Crippen molar-refractivity contribution in [2.24, 2.45) is 0 Å². The van der Waals surface area contributed by atoms with E-state index < -0.39 is 5.97 Å². The SMILES string of the molecule is CCCc1c(C(=O)O)sc2nc(-c3ccc(C(C)(C)C)cc3)c(CC)n12. The van der Waals surface area contributed by atoms with Crippen LogP contribution in [0.3, 0.4) is 0 Å². The fraction of sp³-hybridized carbons (Fsp3) is 0.429. The number of hydrogen-bond acceptors (Lipinski definition) is 3. The second kappa shape index (κ2) is 6.88. The molecule has 0 bridgehead atoms. The van der Waals surface area contributed by atoms with Crippen molar-refractivity contribution in [3.8, 4) is 11.3 Å². The van der Waals surface area contributed by atoms with E-state index in [2.05, 4.69) is 63.3 Å². The number of aromatic carboxylic acids is 1. The molecule has 2 heterocycles. The molecule has 26 heavy (non-hydrogen) atoms. The Morgan fingerprint density at radius 2 is 1.81 bits per heavy atom. The van der Waals surface area contributed by atoms with Crippen LogP contribution in [0.15, 0.2) is 24.3 Å². The summed E-state index contributed by atoms with van der Waals surface area (Å²) in [7, 11) is 0. The Morgan fingerprint density at radius 1 is 1.15 bits per heavy atom. The number of rotatable bonds is 5. The van der Waals surface area contributed by atoms with E-state index in [0.29, 0.717) is 4.88 Å². The predicted octanol–water partition coefficient (Wildman–Crippen LogP) is 5.57. The monoisotopic (exact) mass is 370 g/mol. The molecular weight excluding hydrogens is 344 g/mol. The van der Waals surface area contributed by atoms with Crippen molar-refractivity contribution in [2.75, 3.05) is 0 Å². The number of carbonyl (C=O) groups is 1. The molecule has 0 amide bonds. The van der Waals surface area contributed by atoms with Crippen LogP contribution in [0.5, 0.6) is 0 Å². The van der Waals surface area contributed by atoms with Gasteiger partial charge in [-0.2, -0.15) is 0 Å². The zero-order valence-corrected chi connectivity index (χ0v) is 16.9. The molecule has 138 valence electrons. The molecule has 1 aromatic carbocycles. The third-order valence-electron chi connectivity index (χ3n) is 4.71. The second-order valence-electron chi connectivity index (χ2n) is 7.64. The fourth-order valence-electron chi connectivity index (χ4n) is 3.34. The van der Waals surface area contributed by atoms with E-state index in [1.165, 1.54) is 16.9 Å². The minimum Gasteiger partial charge on any atom is -0.477 e. The lowest BCUT2D eigenvalue weighted by Gasteiger charge is -2.19. The smallest absolute Gasteiger partial charge is 0.347 e. The van der Waals surface area contributed by atoms with Gasteiger partial charge in [0.2, 0.25) is 0 Å². The Balaban J connectivity index is 2.17. The average molecular weight is 371 g/mol. The molecule has 0 aliphatic carbocycles. The van der Waals surface area contributed by atoms with Crippen molar-refractivity contribution in [3.05, 3.63) is 46.1 Å². The number of hydrogen-bond donors (Lipinski definition) is 1. The normalized spacial score (nSPS) is 12.0. The number of aryl methyl sites for hydroxylation is 2. The van der Waals surface area contributed by atoms with E-state index in [1.807, 2.05) is 0 Å². The standard InChI is InChI=1S/C21H26N2O2S/c1-6-8-16-18(19(24)25)26-20-22-17(15(7-2)23(16)20)13-9-11-14(12-10-13)21(3,4)5/h9-12H,6-8H2,1-5H3,(H,24,25). The number of aromatic nitrogens is 2. The first-order valence-electron chi connectivity index (χ1n) is 9.15. The van der Waals surface area contributed by atoms with Gasteiger partial charge in [0.25, 0.3) is 0 Å². The number of fused-ring (bicyclic) bond motifs is 1. The van der Waals surface area contributed by atoms with E-state index in [9.17, 15) is 9.90 Å². The summed E-state index contributed by atoms with van der Waals surface area (Å²) in [6, 6.07) is 8.59. The van der Waals surface area contributed by atoms with Gasteiger partial charge in [-0.25, -0.2) is 9.78 Å². The van der Waals surface area contributed by atoms with Crippen LogP contribution in [0.1, 0.15) is 67.7 Å². The molecule has 1 N–H and O–H groups in total. The van der Waals surface area contributed by atoms with E-state index in [1.54, 1.807) is 0 Å². The summed E-state index contributed by atoms with van der Waals surface area (Å²) in [6.45, 7) is 10.8. The lowest BCUT2D eigenvalue weighted by molar-refractivity contribution is 0.0700. The van der Waals surface area contributed by atoms with Crippen LogP contribution in [-0.4, -0.2) is 20.5 Å². The Hall–Kier alpha value is -2.14. The van der Waals surface area contributed by atoms with Gasteiger partial charge in [0.05, 0.1) is 11.4 Å². The molecule has 0 saturated heterocycles. The van der Waals surface area contributed by atoms with E-state index in [0.717, 1.165) is 46.9 Å². The molecule has 0 atom stereocenters. The maximum absolute atomic E-state index is 11.6. The first-order valence-corrected chi connectivity index (χ1v) is 9.96. The van der Waals surface area contributed by atoms with Gasteiger partial charge in [0, 0.05) is 11.3 Å². The van der Waals surface area contributed by atoms with E-state index in [-0.39, 0.29) is 5.41 Å². The number of carboxylic acids is 1. The third-order valence-corrected chi connectivity index (χ3v) is 5.78. The Morgan fingerprint density at radius 3 is 2.31 bits per heavy atom. The van der Waals surface area contributed by atoms with Crippen LogP contribution >= 0.6 is 11.3 Å². The van der Waals surface area contributed by atoms with E-state index >= 15 is 0 Å². The van der Waals surface area contributed by atoms with Gasteiger partial charge in [0.15, 0.2) is 4.96 Å². The van der Waals surface area contributed by atoms with Gasteiger partial charge < -0.3 is 5.11 Å². The molecule has 0 spiro atoms. The number of carboxylic acid groups (broad SMARTS) is 1. The number of nitrogens with zero attached hydrogens (tertiary/aromatic N) is 2. The Bertz CT molecular complexity index is 943. The molecule has 3 aromatic rings. The van der Waals surface area contributed by atoms with Crippen LogP contribution in [-0.2, 0) is 18.3 Å². The molecule has 2 aromatic heterocycles. The summed E-state index contributed by atoms with van der Waals surface area (Å²) < 4.78 is 2.07. The summed E-state index contributed by atoms with van der Waals surface area (Å²) >= 11 is 1.28. The number of benzene rings is 1. The van der Waals surface area contributed by atoms with Gasteiger partial charge in [-0.15, -0.1) is 0 Å². The molecule has 3 rings (SSSR count). The van der Waals surface area contributed by atoms with Gasteiger partial charge in [-0.1, -0.05) is 76.6 Å². The van der Waals surface area contributed by atoms with Crippen molar-refractivity contribution < 1.29 is 9.90 Å². The zero-order valence-electron chi connectivity index (χ0n) is 16.1. The molecule has 4 nitrogen and oxygen atoms in total. The zero-order chi connectivity index (χ0) is 19.1. The van der Waals surface area contributed by atoms with Gasteiger partial charge in [0.1, 0.15) is 4.88 Å². The first kappa shape index (κ1) is 18.6. The first-order chi connectivity index (χ1) is 12.3. The summed E-state index contributed by atoms with van der Waals surface area (Å²) in [6.07, 6.45) is 2.46. The van der Waals surface area contributed by atoms with Crippen molar-refractivity contribution in [3.63, 3.8) is 0 Å². The Labute approximate surface area is 158 Å². The van der Waals surface area contributed by atoms with Gasteiger partial charge >= 0.3 is 5.97 Å². The topological polar surface area (TPSA) is 54.6 Å². The van der Waals surface area contributed by atoms with Crippen LogP contribution in [0, 0.1) is 0 Å². The molecule has 0 fully saturated rings. The second-order valence-corrected chi connectivity index (χ2v) is 8.62. The minimum atomic E-state index is -0.859. The predicted molar refractivity (Wildman–Crippen MR) is 108 cm³/mol. The summed E-state index contributed by atoms with van der Waals surface area (Å²) in [5, 5.41) is 9.54. The van der Waals surface area contributed by atoms with Gasteiger partial charge in [-0.3, -0.25) is 4.40 Å². The highest BCUT2D eigenvalue weighted by atomic mass is 32.1. The molecule has 0 aliphatic rings. The van der Waals surface area contributed by atoms with Crippen LogP contribution in [0.25, 0.3) is 16.2 Å². The third kappa shape index (κ3) is 3.16. The summed E-state index contributed by atoms with van der Waals surface area (Å²) in [5.74, 6) is -0.859. The summed E-state index contributed by atoms with van der Waals surface area (Å²) in [5.41, 5.74) is 5.43. The molecule has 0 unspecified atom stereocenters. The lowest BCUT2D eigenvalue weighted by atomic mass is 9.86. The van der Waals surface area contributed by atoms with Crippen LogP contribution < -0.4 is 0 Å². The van der Waals surface area contributed by atoms with Crippen molar-refractivity contribution in [1.82, 2.24) is 9.38 Å². The van der Waals surface area contributed by atoms with Crippen molar-refractivity contribution in [1.29, 1.82) is 0 Å². The Kier molecular flexibility index (Phi) is 4.93. The average Bonchev–Trinajstić information content (AvgIpc) is 3.11. The highest BCUT2D eigenvalue weighted by Crippen LogP contribution is 2.33. The van der Waals surface area contributed by atoms with Crippen molar-refractivity contribution >= 4 is 22.3 Å². The molecule has 0 aliphatic heterocycles. The summed E-state index contributed by atoms with van der Waals surface area (Å²) in [4.78, 5) is 17.6. The molecule has 0 saturated carbocycles.